The lowest BCUT2D eigenvalue weighted by Crippen LogP contribution is -2.36. The van der Waals surface area contributed by atoms with E-state index in [1.807, 2.05) is 29.6 Å². The fraction of sp³-hybridized carbons (Fsp3) is 0.227. The first-order chi connectivity index (χ1) is 14.4. The van der Waals surface area contributed by atoms with Crippen molar-refractivity contribution in [1.29, 1.82) is 0 Å². The van der Waals surface area contributed by atoms with Gasteiger partial charge in [0.25, 0.3) is 15.1 Å². The largest absolute Gasteiger partial charge is 0.496 e. The Labute approximate surface area is 183 Å². The van der Waals surface area contributed by atoms with Crippen molar-refractivity contribution in [3.8, 4) is 5.75 Å². The predicted molar refractivity (Wildman–Crippen MR) is 125 cm³/mol. The monoisotopic (exact) mass is 460 g/mol. The van der Waals surface area contributed by atoms with Crippen LogP contribution in [0, 0.1) is 6.92 Å². The number of benzene rings is 2. The van der Waals surface area contributed by atoms with Crippen LogP contribution in [-0.2, 0) is 16.7 Å². The molecule has 8 heteroatoms. The molecule has 0 aliphatic carbocycles. The number of nitrogens with zero attached hydrogens (tertiary/aromatic N) is 1. The first-order valence-electron chi connectivity index (χ1n) is 9.47. The molecule has 0 radical (unpaired) electrons. The number of aromatic nitrogens is 1. The molecule has 2 aromatic carbocycles. The molecular weight excluding hydrogens is 438 g/mol. The van der Waals surface area contributed by atoms with E-state index in [1.165, 1.54) is 5.56 Å². The number of thiophene rings is 1. The van der Waals surface area contributed by atoms with Crippen LogP contribution in [-0.4, -0.2) is 25.8 Å². The van der Waals surface area contributed by atoms with Crippen LogP contribution in [0.1, 0.15) is 22.6 Å². The lowest BCUT2D eigenvalue weighted by molar-refractivity contribution is -0.667. The molecule has 156 valence electrons. The number of ether oxygens (including phenoxy) is 1. The minimum atomic E-state index is -3.99. The van der Waals surface area contributed by atoms with Crippen LogP contribution in [0.25, 0.3) is 32.5 Å². The second kappa shape index (κ2) is 8.47. The van der Waals surface area contributed by atoms with E-state index >= 15 is 0 Å². The first-order valence-corrected chi connectivity index (χ1v) is 12.8. The molecule has 2 aromatic heterocycles. The highest BCUT2D eigenvalue weighted by Crippen LogP contribution is 2.38. The number of fused-ring (bicyclic) bond motifs is 3. The van der Waals surface area contributed by atoms with Gasteiger partial charge in [-0.15, -0.1) is 11.3 Å². The molecule has 4 rings (SSSR count). The zero-order valence-electron chi connectivity index (χ0n) is 16.7. The van der Waals surface area contributed by atoms with Gasteiger partial charge in [-0.3, -0.25) is 4.55 Å². The summed E-state index contributed by atoms with van der Waals surface area (Å²) in [5, 5.41) is 4.10. The summed E-state index contributed by atoms with van der Waals surface area (Å²) >= 11 is 3.29. The third-order valence-corrected chi connectivity index (χ3v) is 7.81. The maximum atomic E-state index is 11.2. The molecule has 0 fully saturated rings. The predicted octanol–water partition coefficient (Wildman–Crippen LogP) is 5.17. The first kappa shape index (κ1) is 21.0. The van der Waals surface area contributed by atoms with Crippen molar-refractivity contribution in [3.63, 3.8) is 0 Å². The summed E-state index contributed by atoms with van der Waals surface area (Å²) in [4.78, 5) is 0. The molecule has 0 aliphatic rings. The van der Waals surface area contributed by atoms with Gasteiger partial charge in [-0.05, 0) is 35.6 Å². The van der Waals surface area contributed by atoms with E-state index in [2.05, 4.69) is 35.8 Å². The van der Waals surface area contributed by atoms with Crippen LogP contribution in [0.3, 0.4) is 0 Å². The quantitative estimate of drug-likeness (QED) is 0.305. The van der Waals surface area contributed by atoms with Crippen LogP contribution in [0.5, 0.6) is 5.75 Å². The number of aryl methyl sites for hydroxylation is 2. The number of hydrogen-bond acceptors (Lipinski definition) is 5. The second-order valence-corrected chi connectivity index (χ2v) is 10.6. The van der Waals surface area contributed by atoms with Crippen molar-refractivity contribution in [2.24, 2.45) is 0 Å². The highest BCUT2D eigenvalue weighted by molar-refractivity contribution is 7.85. The van der Waals surface area contributed by atoms with Gasteiger partial charge in [0.2, 0.25) is 5.52 Å². The van der Waals surface area contributed by atoms with E-state index in [0.29, 0.717) is 13.0 Å². The van der Waals surface area contributed by atoms with Crippen LogP contribution in [0.4, 0.5) is 0 Å². The molecule has 0 amide bonds. The second-order valence-electron chi connectivity index (χ2n) is 7.01. The third-order valence-electron chi connectivity index (χ3n) is 4.99. The Balaban J connectivity index is 1.85. The van der Waals surface area contributed by atoms with Gasteiger partial charge in [0, 0.05) is 23.9 Å². The van der Waals surface area contributed by atoms with E-state index < -0.39 is 10.1 Å². The normalized spacial score (nSPS) is 12.4. The van der Waals surface area contributed by atoms with E-state index in [4.69, 9.17) is 9.29 Å². The summed E-state index contributed by atoms with van der Waals surface area (Å²) in [6.45, 7) is 2.57. The van der Waals surface area contributed by atoms with Crippen molar-refractivity contribution in [2.45, 2.75) is 19.9 Å². The standard InChI is InChI=1S/C22H21NO4S3/c1-15-6-3-4-7-16(15)8-9-20-23(11-5-13-30(24,25)26)21-19(29-20)14-18(27-2)17-10-12-28-22(17)21/h3-4,6-10,12,14H,5,11,13H2,1-2H3/p+1/b9-8+. The fourth-order valence-electron chi connectivity index (χ4n) is 3.53. The number of thiazole rings is 1. The summed E-state index contributed by atoms with van der Waals surface area (Å²) in [6.07, 6.45) is 4.49. The molecule has 5 nitrogen and oxygen atoms in total. The summed E-state index contributed by atoms with van der Waals surface area (Å²) in [5.41, 5.74) is 3.40. The molecule has 1 N–H and O–H groups in total. The smallest absolute Gasteiger partial charge is 0.265 e. The molecule has 0 aliphatic heterocycles. The number of methoxy groups -OCH3 is 1. The summed E-state index contributed by atoms with van der Waals surface area (Å²) in [6, 6.07) is 12.3. The average molecular weight is 461 g/mol. The minimum Gasteiger partial charge on any atom is -0.496 e. The van der Waals surface area contributed by atoms with E-state index in [1.54, 1.807) is 29.8 Å². The molecule has 0 spiro atoms. The van der Waals surface area contributed by atoms with Gasteiger partial charge in [0.15, 0.2) is 6.54 Å². The van der Waals surface area contributed by atoms with E-state index in [9.17, 15) is 8.42 Å². The van der Waals surface area contributed by atoms with E-state index in [0.717, 1.165) is 36.6 Å². The molecule has 0 atom stereocenters. The van der Waals surface area contributed by atoms with Crippen molar-refractivity contribution in [1.82, 2.24) is 0 Å². The van der Waals surface area contributed by atoms with Gasteiger partial charge in [-0.2, -0.15) is 13.0 Å². The maximum Gasteiger partial charge on any atom is 0.265 e. The Hall–Kier alpha value is -2.26. The lowest BCUT2D eigenvalue weighted by atomic mass is 10.1. The molecule has 4 aromatic rings. The van der Waals surface area contributed by atoms with Gasteiger partial charge in [-0.25, -0.2) is 0 Å². The average Bonchev–Trinajstić information content (AvgIpc) is 3.30. The zero-order chi connectivity index (χ0) is 21.3. The Morgan fingerprint density at radius 3 is 2.73 bits per heavy atom. The highest BCUT2D eigenvalue weighted by atomic mass is 32.2. The van der Waals surface area contributed by atoms with Crippen molar-refractivity contribution in [2.75, 3.05) is 12.9 Å². The molecule has 0 saturated heterocycles. The fourth-order valence-corrected chi connectivity index (χ4v) is 6.19. The topological polar surface area (TPSA) is 67.5 Å². The minimum absolute atomic E-state index is 0.262. The van der Waals surface area contributed by atoms with Gasteiger partial charge in [0.05, 0.1) is 12.9 Å². The Morgan fingerprint density at radius 1 is 1.20 bits per heavy atom. The summed E-state index contributed by atoms with van der Waals surface area (Å²) in [7, 11) is -2.32. The SMILES string of the molecule is COc1cc2sc(/C=C/c3ccccc3C)[n+](CCCS(=O)(=O)O)c2c2sccc12. The third kappa shape index (κ3) is 4.27. The van der Waals surface area contributed by atoms with Crippen LogP contribution in [0.15, 0.2) is 41.8 Å². The van der Waals surface area contributed by atoms with Crippen molar-refractivity contribution in [3.05, 3.63) is 57.9 Å². The number of rotatable bonds is 7. The van der Waals surface area contributed by atoms with Gasteiger partial charge < -0.3 is 4.74 Å². The van der Waals surface area contributed by atoms with Crippen LogP contribution >= 0.6 is 22.7 Å². The molecule has 30 heavy (non-hydrogen) atoms. The van der Waals surface area contributed by atoms with Gasteiger partial charge in [0.1, 0.15) is 15.1 Å². The highest BCUT2D eigenvalue weighted by Gasteiger charge is 2.24. The number of hydrogen-bond donors (Lipinski definition) is 1. The Kier molecular flexibility index (Phi) is 5.92. The van der Waals surface area contributed by atoms with Gasteiger partial charge in [-0.1, -0.05) is 35.6 Å². The van der Waals surface area contributed by atoms with Crippen molar-refractivity contribution >= 4 is 65.2 Å². The Morgan fingerprint density at radius 2 is 2.00 bits per heavy atom. The van der Waals surface area contributed by atoms with Gasteiger partial charge >= 0.3 is 0 Å². The molecule has 0 saturated carbocycles. The van der Waals surface area contributed by atoms with E-state index in [-0.39, 0.29) is 5.75 Å². The van der Waals surface area contributed by atoms with Crippen molar-refractivity contribution < 1.29 is 22.3 Å². The molecular formula is C22H22NO4S3+. The Bertz CT molecular complexity index is 1350. The molecule has 0 unspecified atom stereocenters. The molecule has 2 heterocycles. The zero-order valence-corrected chi connectivity index (χ0v) is 19.1. The summed E-state index contributed by atoms with van der Waals surface area (Å²) in [5.74, 6) is 0.571. The lowest BCUT2D eigenvalue weighted by Gasteiger charge is -2.02. The summed E-state index contributed by atoms with van der Waals surface area (Å²) < 4.78 is 41.6. The molecule has 0 bridgehead atoms. The maximum absolute atomic E-state index is 11.2. The van der Waals surface area contributed by atoms with Crippen LogP contribution < -0.4 is 9.30 Å². The van der Waals surface area contributed by atoms with Crippen LogP contribution in [0.2, 0.25) is 0 Å².